The average Bonchev–Trinajstić information content (AvgIpc) is 3.21. The molecule has 0 aromatic rings. The second-order valence-electron chi connectivity index (χ2n) is 8.88. The van der Waals surface area contributed by atoms with Gasteiger partial charge in [0.2, 0.25) is 0 Å². The number of carbonyl (C=O) groups is 3. The van der Waals surface area contributed by atoms with Crippen LogP contribution in [0, 0.1) is 5.92 Å². The smallest absolute Gasteiger partial charge is 0.343 e. The number of carbonyl (C=O) groups excluding carboxylic acids is 3. The SMILES string of the molecule is CC(=O)OCC1=C2C(=C[C@@]3(C)CC[C@](O)(O3)[C@H](C)C[C@@H]2OC(=O)[C@]2(C)CO2)OC1=O. The van der Waals surface area contributed by atoms with Crippen LogP contribution in [0.1, 0.15) is 47.0 Å². The van der Waals surface area contributed by atoms with Crippen LogP contribution >= 0.6 is 0 Å². The van der Waals surface area contributed by atoms with Gasteiger partial charge in [0.1, 0.15) is 18.5 Å². The van der Waals surface area contributed by atoms with Crippen molar-refractivity contribution >= 4 is 17.9 Å². The summed E-state index contributed by atoms with van der Waals surface area (Å²) < 4.78 is 27.5. The van der Waals surface area contributed by atoms with Crippen LogP contribution in [0.15, 0.2) is 23.0 Å². The summed E-state index contributed by atoms with van der Waals surface area (Å²) in [7, 11) is 0. The van der Waals surface area contributed by atoms with E-state index in [4.69, 9.17) is 23.7 Å². The molecule has 9 heteroatoms. The fourth-order valence-corrected chi connectivity index (χ4v) is 4.11. The fraction of sp³-hybridized carbons (Fsp3) is 0.667. The Hall–Kier alpha value is -2.23. The quantitative estimate of drug-likeness (QED) is 0.406. The van der Waals surface area contributed by atoms with Crippen LogP contribution in [0.4, 0.5) is 0 Å². The molecule has 4 aliphatic heterocycles. The lowest BCUT2D eigenvalue weighted by molar-refractivity contribution is -0.239. The van der Waals surface area contributed by atoms with Crippen molar-refractivity contribution in [1.29, 1.82) is 0 Å². The van der Waals surface area contributed by atoms with E-state index in [0.717, 1.165) is 0 Å². The normalized spacial score (nSPS) is 39.9. The number of hydrogen-bond acceptors (Lipinski definition) is 9. The molecule has 0 radical (unpaired) electrons. The van der Waals surface area contributed by atoms with E-state index in [1.54, 1.807) is 26.8 Å². The van der Waals surface area contributed by atoms with Gasteiger partial charge in [0, 0.05) is 24.8 Å². The molecule has 2 bridgehead atoms. The van der Waals surface area contributed by atoms with E-state index in [1.165, 1.54) is 6.92 Å². The van der Waals surface area contributed by atoms with Crippen LogP contribution in [0.25, 0.3) is 0 Å². The zero-order valence-electron chi connectivity index (χ0n) is 17.5. The molecule has 9 nitrogen and oxygen atoms in total. The first-order valence-corrected chi connectivity index (χ1v) is 10.0. The van der Waals surface area contributed by atoms with Crippen LogP contribution in [0.5, 0.6) is 0 Å². The Morgan fingerprint density at radius 3 is 2.63 bits per heavy atom. The molecule has 4 heterocycles. The van der Waals surface area contributed by atoms with Crippen molar-refractivity contribution < 1.29 is 43.2 Å². The molecule has 2 fully saturated rings. The highest BCUT2D eigenvalue weighted by molar-refractivity contribution is 5.95. The lowest BCUT2D eigenvalue weighted by atomic mass is 9.85. The summed E-state index contributed by atoms with van der Waals surface area (Å²) in [4.78, 5) is 36.6. The van der Waals surface area contributed by atoms with Gasteiger partial charge in [-0.25, -0.2) is 9.59 Å². The maximum Gasteiger partial charge on any atom is 0.343 e. The molecule has 0 amide bonds. The number of ether oxygens (including phenoxy) is 5. The minimum absolute atomic E-state index is 0.108. The van der Waals surface area contributed by atoms with Crippen molar-refractivity contribution in [2.75, 3.05) is 13.2 Å². The maximum atomic E-state index is 12.6. The molecule has 0 saturated carbocycles. The molecule has 4 rings (SSSR count). The molecule has 0 aliphatic carbocycles. The first-order chi connectivity index (χ1) is 13.9. The minimum Gasteiger partial charge on any atom is -0.461 e. The van der Waals surface area contributed by atoms with Gasteiger partial charge in [0.05, 0.1) is 17.8 Å². The molecule has 0 aromatic heterocycles. The van der Waals surface area contributed by atoms with Crippen LogP contribution < -0.4 is 0 Å². The number of fused-ring (bicyclic) bond motifs is 3. The monoisotopic (exact) mass is 422 g/mol. The molecule has 5 atom stereocenters. The average molecular weight is 422 g/mol. The van der Waals surface area contributed by atoms with Gasteiger partial charge in [-0.2, -0.15) is 0 Å². The van der Waals surface area contributed by atoms with Crippen LogP contribution in [-0.4, -0.2) is 59.3 Å². The van der Waals surface area contributed by atoms with E-state index in [9.17, 15) is 19.5 Å². The highest BCUT2D eigenvalue weighted by atomic mass is 16.7. The van der Waals surface area contributed by atoms with Gasteiger partial charge >= 0.3 is 17.9 Å². The van der Waals surface area contributed by atoms with Crippen molar-refractivity contribution in [3.05, 3.63) is 23.0 Å². The summed E-state index contributed by atoms with van der Waals surface area (Å²) in [5.41, 5.74) is -1.45. The molecular weight excluding hydrogens is 396 g/mol. The van der Waals surface area contributed by atoms with E-state index in [0.29, 0.717) is 18.4 Å². The summed E-state index contributed by atoms with van der Waals surface area (Å²) in [5, 5.41) is 11.1. The Labute approximate surface area is 173 Å². The third-order valence-electron chi connectivity index (χ3n) is 6.20. The van der Waals surface area contributed by atoms with E-state index in [2.05, 4.69) is 0 Å². The molecule has 0 unspecified atom stereocenters. The van der Waals surface area contributed by atoms with Crippen LogP contribution in [0.2, 0.25) is 0 Å². The third-order valence-corrected chi connectivity index (χ3v) is 6.20. The molecule has 1 N–H and O–H groups in total. The molecular formula is C21H26O9. The first kappa shape index (κ1) is 21.0. The number of aliphatic hydroxyl groups is 1. The van der Waals surface area contributed by atoms with E-state index in [1.807, 2.05) is 0 Å². The molecule has 0 spiro atoms. The zero-order chi connectivity index (χ0) is 21.9. The number of epoxide rings is 1. The summed E-state index contributed by atoms with van der Waals surface area (Å²) in [6, 6.07) is 0. The van der Waals surface area contributed by atoms with E-state index in [-0.39, 0.29) is 31.0 Å². The predicted molar refractivity (Wildman–Crippen MR) is 99.5 cm³/mol. The van der Waals surface area contributed by atoms with Gasteiger partial charge in [-0.1, -0.05) is 6.92 Å². The molecule has 164 valence electrons. The Morgan fingerprint density at radius 1 is 1.30 bits per heavy atom. The van der Waals surface area contributed by atoms with E-state index < -0.39 is 46.9 Å². The Bertz CT molecular complexity index is 868. The van der Waals surface area contributed by atoms with Gasteiger partial charge in [-0.05, 0) is 32.8 Å². The van der Waals surface area contributed by atoms with Crippen molar-refractivity contribution in [1.82, 2.24) is 0 Å². The summed E-state index contributed by atoms with van der Waals surface area (Å²) in [6.07, 6.45) is 1.82. The van der Waals surface area contributed by atoms with Gasteiger partial charge in [0.15, 0.2) is 11.4 Å². The number of rotatable bonds is 4. The minimum atomic E-state index is -1.41. The highest BCUT2D eigenvalue weighted by Gasteiger charge is 2.54. The topological polar surface area (TPSA) is 121 Å². The highest BCUT2D eigenvalue weighted by Crippen LogP contribution is 2.48. The second kappa shape index (κ2) is 6.90. The first-order valence-electron chi connectivity index (χ1n) is 10.0. The zero-order valence-corrected chi connectivity index (χ0v) is 17.5. The lowest BCUT2D eigenvalue weighted by Crippen LogP contribution is -2.41. The van der Waals surface area contributed by atoms with Crippen molar-refractivity contribution in [2.24, 2.45) is 5.92 Å². The molecule has 0 aromatic carbocycles. The van der Waals surface area contributed by atoms with Gasteiger partial charge in [-0.15, -0.1) is 0 Å². The summed E-state index contributed by atoms with van der Waals surface area (Å²) in [6.45, 7) is 6.40. The standard InChI is InChI=1S/C21H26O9/c1-11-7-14(29-18(24)20(4)10-27-20)16-13(9-26-12(2)22)17(23)28-15(16)8-19(3)5-6-21(11,25)30-19/h8,11,14,25H,5-7,9-10H2,1-4H3/t11-,14+,19-,20+,21+/m1/s1. The molecule has 4 aliphatic rings. The number of hydrogen-bond donors (Lipinski definition) is 1. The Morgan fingerprint density at radius 2 is 2.00 bits per heavy atom. The summed E-state index contributed by atoms with van der Waals surface area (Å²) >= 11 is 0. The second-order valence-corrected chi connectivity index (χ2v) is 8.88. The van der Waals surface area contributed by atoms with Crippen molar-refractivity contribution in [3.63, 3.8) is 0 Å². The van der Waals surface area contributed by atoms with Crippen LogP contribution in [-0.2, 0) is 38.1 Å². The Kier molecular flexibility index (Phi) is 4.83. The predicted octanol–water partition coefficient (Wildman–Crippen LogP) is 1.28. The van der Waals surface area contributed by atoms with Gasteiger partial charge in [0.25, 0.3) is 0 Å². The van der Waals surface area contributed by atoms with Gasteiger partial charge < -0.3 is 28.8 Å². The van der Waals surface area contributed by atoms with Gasteiger partial charge in [-0.3, -0.25) is 4.79 Å². The van der Waals surface area contributed by atoms with E-state index >= 15 is 0 Å². The number of esters is 3. The summed E-state index contributed by atoms with van der Waals surface area (Å²) in [5.74, 6) is -3.42. The third kappa shape index (κ3) is 3.66. The maximum absolute atomic E-state index is 12.6. The lowest BCUT2D eigenvalue weighted by Gasteiger charge is -2.33. The molecule has 30 heavy (non-hydrogen) atoms. The van der Waals surface area contributed by atoms with Crippen LogP contribution in [0.3, 0.4) is 0 Å². The van der Waals surface area contributed by atoms with Crippen molar-refractivity contribution in [2.45, 2.75) is 70.1 Å². The molecule has 2 saturated heterocycles. The van der Waals surface area contributed by atoms with Crippen molar-refractivity contribution in [3.8, 4) is 0 Å². The Balaban J connectivity index is 1.79. The largest absolute Gasteiger partial charge is 0.461 e. The fourth-order valence-electron chi connectivity index (χ4n) is 4.11.